The summed E-state index contributed by atoms with van der Waals surface area (Å²) in [5.74, 6) is -0.230. The average Bonchev–Trinajstić information content (AvgIpc) is 3.06. The van der Waals surface area contributed by atoms with E-state index in [9.17, 15) is 13.6 Å². The number of nitrogens with one attached hydrogen (secondary N) is 3. The fourth-order valence-corrected chi connectivity index (χ4v) is 4.50. The van der Waals surface area contributed by atoms with Crippen LogP contribution in [0.5, 0.6) is 0 Å². The van der Waals surface area contributed by atoms with Crippen molar-refractivity contribution in [2.24, 2.45) is 17.6 Å². The summed E-state index contributed by atoms with van der Waals surface area (Å²) in [6.07, 6.45) is 5.77. The Morgan fingerprint density at radius 1 is 1.12 bits per heavy atom. The number of rotatable bonds is 6. The third kappa shape index (κ3) is 5.34. The normalized spacial score (nSPS) is 35.3. The second-order valence-electron chi connectivity index (χ2n) is 8.20. The van der Waals surface area contributed by atoms with E-state index in [0.29, 0.717) is 31.7 Å². The number of nitrogens with zero attached hydrogens (tertiary/aromatic N) is 1. The molecule has 4 atom stereocenters. The molecule has 0 spiro atoms. The molecular weight excluding hydrogens is 340 g/mol. The number of carbonyl (C=O) groups is 1. The van der Waals surface area contributed by atoms with Gasteiger partial charge < -0.3 is 11.1 Å². The molecule has 0 aromatic heterocycles. The van der Waals surface area contributed by atoms with Crippen molar-refractivity contribution in [2.75, 3.05) is 13.1 Å². The number of hydrogen-bond donors (Lipinski definition) is 4. The Kier molecular flexibility index (Phi) is 7.19. The number of hydrazine groups is 2. The molecule has 3 unspecified atom stereocenters. The molecule has 150 valence electrons. The van der Waals surface area contributed by atoms with Crippen molar-refractivity contribution in [3.05, 3.63) is 0 Å². The highest BCUT2D eigenvalue weighted by atomic mass is 19.1. The molecule has 0 bridgehead atoms. The van der Waals surface area contributed by atoms with Gasteiger partial charge in [0.25, 0.3) is 0 Å². The summed E-state index contributed by atoms with van der Waals surface area (Å²) in [5, 5.41) is 4.63. The van der Waals surface area contributed by atoms with E-state index in [1.54, 1.807) is 5.01 Å². The molecule has 1 heterocycles. The molecule has 5 N–H and O–H groups in total. The molecule has 3 rings (SSSR count). The van der Waals surface area contributed by atoms with Crippen LogP contribution in [-0.2, 0) is 4.79 Å². The first kappa shape index (κ1) is 19.9. The first-order valence-corrected chi connectivity index (χ1v) is 10.1. The topological polar surface area (TPSA) is 82.4 Å². The maximum absolute atomic E-state index is 14.0. The van der Waals surface area contributed by atoms with E-state index in [-0.39, 0.29) is 18.6 Å². The second kappa shape index (κ2) is 9.39. The highest BCUT2D eigenvalue weighted by Gasteiger charge is 2.37. The van der Waals surface area contributed by atoms with Crippen molar-refractivity contribution in [1.29, 1.82) is 0 Å². The summed E-state index contributed by atoms with van der Waals surface area (Å²) in [4.78, 5) is 12.3. The number of nitrogens with two attached hydrogens (primary N) is 1. The molecule has 1 amide bonds. The lowest BCUT2D eigenvalue weighted by Crippen LogP contribution is -2.51. The third-order valence-electron chi connectivity index (χ3n) is 6.09. The van der Waals surface area contributed by atoms with E-state index in [2.05, 4.69) is 16.3 Å². The molecule has 3 aliphatic rings. The zero-order valence-electron chi connectivity index (χ0n) is 15.4. The summed E-state index contributed by atoms with van der Waals surface area (Å²) in [5.41, 5.74) is 11.9. The van der Waals surface area contributed by atoms with Gasteiger partial charge in [-0.2, -0.15) is 5.53 Å². The van der Waals surface area contributed by atoms with Crippen LogP contribution in [0.2, 0.25) is 0 Å². The predicted molar refractivity (Wildman–Crippen MR) is 96.1 cm³/mol. The van der Waals surface area contributed by atoms with Crippen LogP contribution < -0.4 is 22.0 Å². The number of carbonyl (C=O) groups excluding carboxylic acids is 1. The van der Waals surface area contributed by atoms with Gasteiger partial charge in [0.2, 0.25) is 5.91 Å². The number of hydrogen-bond acceptors (Lipinski definition) is 5. The lowest BCUT2D eigenvalue weighted by Gasteiger charge is -2.32. The highest BCUT2D eigenvalue weighted by Crippen LogP contribution is 2.30. The van der Waals surface area contributed by atoms with Crippen molar-refractivity contribution in [1.82, 2.24) is 21.3 Å². The van der Waals surface area contributed by atoms with Gasteiger partial charge in [-0.3, -0.25) is 4.79 Å². The molecule has 1 aliphatic heterocycles. The quantitative estimate of drug-likeness (QED) is 0.568. The van der Waals surface area contributed by atoms with Crippen LogP contribution in [0.15, 0.2) is 0 Å². The Balaban J connectivity index is 1.40. The molecular formula is C18H33F2N5O. The predicted octanol–water partition coefficient (Wildman–Crippen LogP) is 1.53. The van der Waals surface area contributed by atoms with Crippen LogP contribution in [0.1, 0.15) is 57.8 Å². The van der Waals surface area contributed by atoms with Gasteiger partial charge in [0.1, 0.15) is 18.5 Å². The number of alkyl halides is 2. The molecule has 0 aromatic carbocycles. The molecule has 1 saturated heterocycles. The standard InChI is InChI=1S/C18H33F2N5O/c19-14-7-4-8-15(20)13(14)10-25-11-17(23-24-25)22-18(26)16(21)9-12-5-2-1-3-6-12/h12-17,23-24H,1-11,21H2,(H,22,26)/t13?,14?,15?,16-,17?/m0/s1. The van der Waals surface area contributed by atoms with Gasteiger partial charge in [-0.15, -0.1) is 0 Å². The zero-order valence-corrected chi connectivity index (χ0v) is 15.4. The first-order valence-electron chi connectivity index (χ1n) is 10.1. The number of amides is 1. The summed E-state index contributed by atoms with van der Waals surface area (Å²) >= 11 is 0. The van der Waals surface area contributed by atoms with Gasteiger partial charge in [0.15, 0.2) is 0 Å². The van der Waals surface area contributed by atoms with Gasteiger partial charge in [-0.1, -0.05) is 32.1 Å². The Hall–Kier alpha value is -0.830. The number of halogens is 2. The molecule has 0 radical (unpaired) electrons. The average molecular weight is 373 g/mol. The lowest BCUT2D eigenvalue weighted by molar-refractivity contribution is -0.123. The zero-order chi connectivity index (χ0) is 18.5. The smallest absolute Gasteiger partial charge is 0.238 e. The molecule has 26 heavy (non-hydrogen) atoms. The van der Waals surface area contributed by atoms with Crippen molar-refractivity contribution < 1.29 is 13.6 Å². The van der Waals surface area contributed by atoms with E-state index < -0.39 is 24.3 Å². The van der Waals surface area contributed by atoms with Crippen molar-refractivity contribution >= 4 is 5.91 Å². The SMILES string of the molecule is N[C@@H](CC1CCCCC1)C(=O)NC1CN(CC2C(F)CCCC2F)NN1. The monoisotopic (exact) mass is 373 g/mol. The van der Waals surface area contributed by atoms with Crippen molar-refractivity contribution in [3.63, 3.8) is 0 Å². The molecule has 2 aliphatic carbocycles. The maximum atomic E-state index is 14.0. The molecule has 0 aromatic rings. The fourth-order valence-electron chi connectivity index (χ4n) is 4.50. The van der Waals surface area contributed by atoms with E-state index in [4.69, 9.17) is 5.73 Å². The van der Waals surface area contributed by atoms with Crippen LogP contribution in [0.4, 0.5) is 8.78 Å². The van der Waals surface area contributed by atoms with Gasteiger partial charge in [-0.05, 0) is 31.6 Å². The van der Waals surface area contributed by atoms with E-state index in [0.717, 1.165) is 19.3 Å². The lowest BCUT2D eigenvalue weighted by atomic mass is 9.85. The summed E-state index contributed by atoms with van der Waals surface area (Å²) < 4.78 is 28.0. The van der Waals surface area contributed by atoms with Crippen LogP contribution in [-0.4, -0.2) is 48.6 Å². The van der Waals surface area contributed by atoms with Crippen molar-refractivity contribution in [2.45, 2.75) is 82.3 Å². The second-order valence-corrected chi connectivity index (χ2v) is 8.20. The summed E-state index contributed by atoms with van der Waals surface area (Å²) in [6.45, 7) is 0.744. The van der Waals surface area contributed by atoms with Crippen LogP contribution in [0.3, 0.4) is 0 Å². The van der Waals surface area contributed by atoms with E-state index >= 15 is 0 Å². The minimum absolute atomic E-state index is 0.166. The Morgan fingerprint density at radius 3 is 2.50 bits per heavy atom. The molecule has 8 heteroatoms. The minimum Gasteiger partial charge on any atom is -0.337 e. The van der Waals surface area contributed by atoms with Crippen LogP contribution in [0, 0.1) is 11.8 Å². The summed E-state index contributed by atoms with van der Waals surface area (Å²) in [6, 6.07) is -0.502. The highest BCUT2D eigenvalue weighted by molar-refractivity contribution is 5.81. The Morgan fingerprint density at radius 2 is 1.81 bits per heavy atom. The molecule has 6 nitrogen and oxygen atoms in total. The summed E-state index contributed by atoms with van der Waals surface area (Å²) in [7, 11) is 0. The molecule has 2 saturated carbocycles. The maximum Gasteiger partial charge on any atom is 0.238 e. The van der Waals surface area contributed by atoms with Gasteiger partial charge >= 0.3 is 0 Å². The Bertz CT molecular complexity index is 453. The molecule has 3 fully saturated rings. The van der Waals surface area contributed by atoms with Gasteiger partial charge in [0.05, 0.1) is 6.04 Å². The Labute approximate surface area is 154 Å². The van der Waals surface area contributed by atoms with Crippen molar-refractivity contribution in [3.8, 4) is 0 Å². The fraction of sp³-hybridized carbons (Fsp3) is 0.944. The van der Waals surface area contributed by atoms with Crippen LogP contribution in [0.25, 0.3) is 0 Å². The van der Waals surface area contributed by atoms with Gasteiger partial charge in [0, 0.05) is 19.0 Å². The minimum atomic E-state index is -1.10. The van der Waals surface area contributed by atoms with E-state index in [1.165, 1.54) is 19.3 Å². The van der Waals surface area contributed by atoms with E-state index in [1.807, 2.05) is 0 Å². The first-order chi connectivity index (χ1) is 12.5. The van der Waals surface area contributed by atoms with Crippen LogP contribution >= 0.6 is 0 Å². The van der Waals surface area contributed by atoms with Gasteiger partial charge in [-0.25, -0.2) is 19.2 Å². The third-order valence-corrected chi connectivity index (χ3v) is 6.09. The largest absolute Gasteiger partial charge is 0.337 e.